The van der Waals surface area contributed by atoms with E-state index in [0.29, 0.717) is 19.6 Å². The number of nitrogens with zero attached hydrogens (tertiary/aromatic N) is 3. The van der Waals surface area contributed by atoms with Crippen LogP contribution in [0.2, 0.25) is 0 Å². The summed E-state index contributed by atoms with van der Waals surface area (Å²) in [5, 5.41) is 2.05. The monoisotopic (exact) mass is 527 g/mol. The number of rotatable bonds is 5. The fourth-order valence-electron chi connectivity index (χ4n) is 5.25. The first-order valence-corrected chi connectivity index (χ1v) is 14.5. The van der Waals surface area contributed by atoms with Crippen molar-refractivity contribution in [3.63, 3.8) is 0 Å². The number of fused-ring (bicyclic) bond motifs is 1. The van der Waals surface area contributed by atoms with Crippen LogP contribution in [0.25, 0.3) is 0 Å². The zero-order valence-electron chi connectivity index (χ0n) is 20.4. The van der Waals surface area contributed by atoms with Crippen molar-refractivity contribution in [3.8, 4) is 0 Å². The van der Waals surface area contributed by atoms with E-state index in [1.54, 1.807) is 52.6 Å². The second-order valence-electron chi connectivity index (χ2n) is 9.59. The van der Waals surface area contributed by atoms with Crippen molar-refractivity contribution < 1.29 is 17.6 Å². The van der Waals surface area contributed by atoms with E-state index in [4.69, 9.17) is 0 Å². The van der Waals surface area contributed by atoms with Crippen LogP contribution in [0.15, 0.2) is 64.9 Å². The van der Waals surface area contributed by atoms with Gasteiger partial charge in [0, 0.05) is 37.1 Å². The predicted octanol–water partition coefficient (Wildman–Crippen LogP) is 4.06. The lowest BCUT2D eigenvalue weighted by molar-refractivity contribution is -0.135. The van der Waals surface area contributed by atoms with Gasteiger partial charge in [0.1, 0.15) is 5.82 Å². The standard InChI is InChI=1S/C27H30FN3O3S2/c1-19-6-8-23(9-7-19)36(33,34)31-14-13-29(17-20(31)2)26(32)18-30-12-10-25-24(11-15-35-25)27(30)21-4-3-5-22(28)16-21/h3-9,11,15-16,20,27H,10,12-14,17-18H2,1-2H3. The average Bonchev–Trinajstić information content (AvgIpc) is 3.33. The Labute approximate surface area is 216 Å². The highest BCUT2D eigenvalue weighted by Crippen LogP contribution is 2.38. The van der Waals surface area contributed by atoms with Crippen LogP contribution in [0, 0.1) is 12.7 Å². The van der Waals surface area contributed by atoms with Crippen LogP contribution in [-0.4, -0.2) is 67.2 Å². The number of carbonyl (C=O) groups is 1. The Kier molecular flexibility index (Phi) is 7.00. The van der Waals surface area contributed by atoms with Gasteiger partial charge in [-0.25, -0.2) is 12.8 Å². The first-order chi connectivity index (χ1) is 17.2. The minimum Gasteiger partial charge on any atom is -0.339 e. The van der Waals surface area contributed by atoms with E-state index in [1.807, 2.05) is 19.9 Å². The Morgan fingerprint density at radius 1 is 1.08 bits per heavy atom. The molecule has 3 heterocycles. The van der Waals surface area contributed by atoms with Crippen LogP contribution >= 0.6 is 11.3 Å². The molecule has 0 spiro atoms. The van der Waals surface area contributed by atoms with Gasteiger partial charge in [-0.3, -0.25) is 9.69 Å². The number of piperazine rings is 1. The maximum atomic E-state index is 14.1. The van der Waals surface area contributed by atoms with Gasteiger partial charge in [0.25, 0.3) is 0 Å². The van der Waals surface area contributed by atoms with Gasteiger partial charge >= 0.3 is 0 Å². The molecular weight excluding hydrogens is 497 g/mol. The van der Waals surface area contributed by atoms with Gasteiger partial charge in [-0.1, -0.05) is 29.8 Å². The van der Waals surface area contributed by atoms with Crippen molar-refractivity contribution in [3.05, 3.63) is 87.4 Å². The van der Waals surface area contributed by atoms with E-state index in [1.165, 1.54) is 15.2 Å². The summed E-state index contributed by atoms with van der Waals surface area (Å²) in [5.41, 5.74) is 2.97. The normalized spacial score (nSPS) is 21.4. The third kappa shape index (κ3) is 4.85. The molecule has 2 unspecified atom stereocenters. The molecule has 0 N–H and O–H groups in total. The van der Waals surface area contributed by atoms with E-state index >= 15 is 0 Å². The largest absolute Gasteiger partial charge is 0.339 e. The van der Waals surface area contributed by atoms with Crippen LogP contribution in [0.5, 0.6) is 0 Å². The summed E-state index contributed by atoms with van der Waals surface area (Å²) in [5.74, 6) is -0.324. The number of thiophene rings is 1. The number of hydrogen-bond donors (Lipinski definition) is 0. The molecule has 36 heavy (non-hydrogen) atoms. The van der Waals surface area contributed by atoms with Crippen LogP contribution in [0.3, 0.4) is 0 Å². The molecule has 1 amide bonds. The molecule has 9 heteroatoms. The summed E-state index contributed by atoms with van der Waals surface area (Å²) in [7, 11) is -3.63. The molecule has 0 radical (unpaired) electrons. The molecule has 0 aliphatic carbocycles. The third-order valence-electron chi connectivity index (χ3n) is 7.12. The van der Waals surface area contributed by atoms with E-state index in [9.17, 15) is 17.6 Å². The van der Waals surface area contributed by atoms with Crippen LogP contribution in [-0.2, 0) is 21.2 Å². The molecule has 5 rings (SSSR count). The highest BCUT2D eigenvalue weighted by atomic mass is 32.2. The molecule has 2 aliphatic heterocycles. The Balaban J connectivity index is 1.30. The van der Waals surface area contributed by atoms with Gasteiger partial charge in [-0.05, 0) is 67.1 Å². The highest BCUT2D eigenvalue weighted by molar-refractivity contribution is 7.89. The molecule has 1 saturated heterocycles. The number of aryl methyl sites for hydroxylation is 1. The second kappa shape index (κ2) is 10.0. The summed E-state index contributed by atoms with van der Waals surface area (Å²) in [6.07, 6.45) is 0.852. The molecule has 0 bridgehead atoms. The summed E-state index contributed by atoms with van der Waals surface area (Å²) < 4.78 is 42.0. The van der Waals surface area contributed by atoms with Crippen molar-refractivity contribution in [1.29, 1.82) is 0 Å². The molecular formula is C27H30FN3O3S2. The van der Waals surface area contributed by atoms with E-state index < -0.39 is 10.0 Å². The lowest BCUT2D eigenvalue weighted by Gasteiger charge is -2.41. The molecule has 2 atom stereocenters. The van der Waals surface area contributed by atoms with Crippen LogP contribution < -0.4 is 0 Å². The van der Waals surface area contributed by atoms with Gasteiger partial charge in [0.2, 0.25) is 15.9 Å². The van der Waals surface area contributed by atoms with Crippen LogP contribution in [0.1, 0.15) is 34.5 Å². The van der Waals surface area contributed by atoms with E-state index in [-0.39, 0.29) is 41.8 Å². The zero-order valence-corrected chi connectivity index (χ0v) is 22.1. The zero-order chi connectivity index (χ0) is 25.4. The number of sulfonamides is 1. The number of carbonyl (C=O) groups excluding carboxylic acids is 1. The van der Waals surface area contributed by atoms with Gasteiger partial charge in [-0.15, -0.1) is 11.3 Å². The van der Waals surface area contributed by atoms with Crippen molar-refractivity contribution >= 4 is 27.3 Å². The van der Waals surface area contributed by atoms with Gasteiger partial charge in [0.15, 0.2) is 0 Å². The molecule has 1 aromatic heterocycles. The average molecular weight is 528 g/mol. The third-order valence-corrected chi connectivity index (χ3v) is 10.1. The maximum absolute atomic E-state index is 14.1. The Morgan fingerprint density at radius 2 is 1.86 bits per heavy atom. The quantitative estimate of drug-likeness (QED) is 0.502. The first-order valence-electron chi connectivity index (χ1n) is 12.2. The van der Waals surface area contributed by atoms with Crippen molar-refractivity contribution in [2.45, 2.75) is 37.2 Å². The van der Waals surface area contributed by atoms with Gasteiger partial charge in [0.05, 0.1) is 17.5 Å². The van der Waals surface area contributed by atoms with Gasteiger partial charge < -0.3 is 4.90 Å². The van der Waals surface area contributed by atoms with Crippen molar-refractivity contribution in [2.24, 2.45) is 0 Å². The number of halogens is 1. The molecule has 3 aromatic rings. The molecule has 0 saturated carbocycles. The lowest BCUT2D eigenvalue weighted by Crippen LogP contribution is -2.57. The highest BCUT2D eigenvalue weighted by Gasteiger charge is 2.37. The minimum absolute atomic E-state index is 0.0330. The maximum Gasteiger partial charge on any atom is 0.243 e. The summed E-state index contributed by atoms with van der Waals surface area (Å²) in [4.78, 5) is 18.8. The number of amides is 1. The van der Waals surface area contributed by atoms with E-state index in [2.05, 4.69) is 16.3 Å². The van der Waals surface area contributed by atoms with E-state index in [0.717, 1.165) is 23.1 Å². The molecule has 190 valence electrons. The topological polar surface area (TPSA) is 60.9 Å². The van der Waals surface area contributed by atoms with Gasteiger partial charge in [-0.2, -0.15) is 4.31 Å². The SMILES string of the molecule is Cc1ccc(S(=O)(=O)N2CCN(C(=O)CN3CCc4sccc4C3c3cccc(F)c3)CC2C)cc1. The number of hydrogen-bond acceptors (Lipinski definition) is 5. The Morgan fingerprint density at radius 3 is 2.58 bits per heavy atom. The Hall–Kier alpha value is -2.59. The smallest absolute Gasteiger partial charge is 0.243 e. The Bertz CT molecular complexity index is 1360. The van der Waals surface area contributed by atoms with Crippen LogP contribution in [0.4, 0.5) is 4.39 Å². The molecule has 1 fully saturated rings. The fourth-order valence-corrected chi connectivity index (χ4v) is 7.77. The lowest BCUT2D eigenvalue weighted by atomic mass is 9.93. The minimum atomic E-state index is -3.63. The van der Waals surface area contributed by atoms with Crippen molar-refractivity contribution in [1.82, 2.24) is 14.1 Å². The fraction of sp³-hybridized carbons (Fsp3) is 0.370. The predicted molar refractivity (Wildman–Crippen MR) is 139 cm³/mol. The molecule has 2 aromatic carbocycles. The first kappa shape index (κ1) is 25.1. The summed E-state index contributed by atoms with van der Waals surface area (Å²) >= 11 is 1.70. The molecule has 2 aliphatic rings. The summed E-state index contributed by atoms with van der Waals surface area (Å²) in [6.45, 7) is 5.61. The molecule has 6 nitrogen and oxygen atoms in total. The summed E-state index contributed by atoms with van der Waals surface area (Å²) in [6, 6.07) is 15.0. The second-order valence-corrected chi connectivity index (χ2v) is 12.5. The van der Waals surface area contributed by atoms with Crippen molar-refractivity contribution in [2.75, 3.05) is 32.7 Å². The number of benzene rings is 2.